The van der Waals surface area contributed by atoms with Gasteiger partial charge in [-0.3, -0.25) is 0 Å². The fourth-order valence-corrected chi connectivity index (χ4v) is 3.75. The molecule has 4 rings (SSSR count). The van der Waals surface area contributed by atoms with Crippen molar-refractivity contribution in [1.82, 2.24) is 25.2 Å². The van der Waals surface area contributed by atoms with E-state index in [1.54, 1.807) is 0 Å². The quantitative estimate of drug-likeness (QED) is 0.803. The summed E-state index contributed by atoms with van der Waals surface area (Å²) in [5.41, 5.74) is 2.69. The molecule has 1 N–H and O–H groups in total. The molecule has 8 heteroatoms. The molecule has 8 nitrogen and oxygen atoms in total. The zero-order valence-electron chi connectivity index (χ0n) is 15.6. The number of fused-ring (bicyclic) bond motifs is 1. The highest BCUT2D eigenvalue weighted by Gasteiger charge is 2.48. The van der Waals surface area contributed by atoms with Crippen LogP contribution in [0.2, 0.25) is 0 Å². The van der Waals surface area contributed by atoms with Crippen molar-refractivity contribution in [3.63, 3.8) is 0 Å². The van der Waals surface area contributed by atoms with Gasteiger partial charge in [0.2, 0.25) is 0 Å². The van der Waals surface area contributed by atoms with Crippen molar-refractivity contribution < 1.29 is 9.47 Å². The summed E-state index contributed by atoms with van der Waals surface area (Å²) in [6.07, 6.45) is 1.95. The molecule has 0 radical (unpaired) electrons. The number of aromatic nitrogens is 3. The lowest BCUT2D eigenvalue weighted by Crippen LogP contribution is -2.40. The smallest absolute Gasteiger partial charge is 0.110 e. The van der Waals surface area contributed by atoms with E-state index in [1.165, 1.54) is 0 Å². The van der Waals surface area contributed by atoms with Crippen molar-refractivity contribution in [1.29, 1.82) is 5.26 Å². The summed E-state index contributed by atoms with van der Waals surface area (Å²) in [5, 5.41) is 21.1. The molecule has 0 amide bonds. The SMILES string of the molecule is CN(C)Cc1cn([C@H]2CO[C@H]3[C@@H]2OC[C@@H]3NCc2cccc(C#N)c2)nn1. The summed E-state index contributed by atoms with van der Waals surface area (Å²) in [4.78, 5) is 2.07. The number of nitrogens with one attached hydrogen (secondary N) is 1. The highest BCUT2D eigenvalue weighted by atomic mass is 16.6. The second-order valence-corrected chi connectivity index (χ2v) is 7.39. The molecule has 2 saturated heterocycles. The maximum atomic E-state index is 9.03. The van der Waals surface area contributed by atoms with Gasteiger partial charge in [-0.25, -0.2) is 4.68 Å². The number of hydrogen-bond donors (Lipinski definition) is 1. The Labute approximate surface area is 158 Å². The molecule has 142 valence electrons. The Morgan fingerprint density at radius 3 is 2.96 bits per heavy atom. The van der Waals surface area contributed by atoms with Gasteiger partial charge in [0.25, 0.3) is 0 Å². The molecular weight excluding hydrogens is 344 g/mol. The van der Waals surface area contributed by atoms with E-state index in [-0.39, 0.29) is 24.3 Å². The summed E-state index contributed by atoms with van der Waals surface area (Å²) in [7, 11) is 4.02. The van der Waals surface area contributed by atoms with Crippen molar-refractivity contribution in [3.8, 4) is 6.07 Å². The Hall–Kier alpha value is -2.31. The Kier molecular flexibility index (Phi) is 5.18. The molecule has 3 heterocycles. The summed E-state index contributed by atoms with van der Waals surface area (Å²) in [6.45, 7) is 2.61. The van der Waals surface area contributed by atoms with E-state index in [9.17, 15) is 0 Å². The molecule has 1 aromatic heterocycles. The van der Waals surface area contributed by atoms with E-state index in [1.807, 2.05) is 49.2 Å². The summed E-state index contributed by atoms with van der Waals surface area (Å²) >= 11 is 0. The predicted octanol–water partition coefficient (Wildman–Crippen LogP) is 0.708. The van der Waals surface area contributed by atoms with Crippen LogP contribution < -0.4 is 5.32 Å². The van der Waals surface area contributed by atoms with Crippen LogP contribution >= 0.6 is 0 Å². The second kappa shape index (κ2) is 7.74. The van der Waals surface area contributed by atoms with Crippen molar-refractivity contribution in [2.75, 3.05) is 27.3 Å². The third-order valence-electron chi connectivity index (χ3n) is 5.03. The highest BCUT2D eigenvalue weighted by molar-refractivity contribution is 5.32. The molecule has 2 aliphatic rings. The third-order valence-corrected chi connectivity index (χ3v) is 5.03. The molecule has 2 aromatic rings. The molecule has 0 saturated carbocycles. The van der Waals surface area contributed by atoms with Gasteiger partial charge in [-0.15, -0.1) is 5.10 Å². The fraction of sp³-hybridized carbons (Fsp3) is 0.526. The van der Waals surface area contributed by atoms with Gasteiger partial charge in [0.15, 0.2) is 0 Å². The largest absolute Gasteiger partial charge is 0.371 e. The van der Waals surface area contributed by atoms with Crippen LogP contribution in [0.1, 0.15) is 22.9 Å². The molecule has 0 unspecified atom stereocenters. The Morgan fingerprint density at radius 2 is 2.15 bits per heavy atom. The first-order valence-electron chi connectivity index (χ1n) is 9.15. The fourth-order valence-electron chi connectivity index (χ4n) is 3.75. The topological polar surface area (TPSA) is 88.2 Å². The van der Waals surface area contributed by atoms with E-state index < -0.39 is 0 Å². The number of ether oxygens (including phenoxy) is 2. The molecular formula is C19H24N6O2. The van der Waals surface area contributed by atoms with Gasteiger partial charge in [0.1, 0.15) is 18.2 Å². The van der Waals surface area contributed by atoms with E-state index in [0.717, 1.165) is 17.8 Å². The first-order valence-corrected chi connectivity index (χ1v) is 9.15. The number of benzene rings is 1. The summed E-state index contributed by atoms with van der Waals surface area (Å²) in [5.74, 6) is 0. The van der Waals surface area contributed by atoms with Crippen LogP contribution in [0.15, 0.2) is 30.5 Å². The van der Waals surface area contributed by atoms with Gasteiger partial charge in [0, 0.05) is 13.1 Å². The van der Waals surface area contributed by atoms with Gasteiger partial charge < -0.3 is 19.7 Å². The van der Waals surface area contributed by atoms with Gasteiger partial charge >= 0.3 is 0 Å². The number of nitrogens with zero attached hydrogens (tertiary/aromatic N) is 5. The predicted molar refractivity (Wildman–Crippen MR) is 97.7 cm³/mol. The Bertz CT molecular complexity index is 830. The molecule has 0 bridgehead atoms. The van der Waals surface area contributed by atoms with E-state index >= 15 is 0 Å². The average Bonchev–Trinajstić information content (AvgIpc) is 3.36. The summed E-state index contributed by atoms with van der Waals surface area (Å²) in [6, 6.07) is 9.98. The van der Waals surface area contributed by atoms with Gasteiger partial charge in [-0.05, 0) is 31.8 Å². The van der Waals surface area contributed by atoms with Crippen LogP contribution in [-0.2, 0) is 22.6 Å². The maximum absolute atomic E-state index is 9.03. The van der Waals surface area contributed by atoms with Crippen LogP contribution in [0, 0.1) is 11.3 Å². The van der Waals surface area contributed by atoms with Crippen molar-refractivity contribution in [3.05, 3.63) is 47.3 Å². The lowest BCUT2D eigenvalue weighted by atomic mass is 10.1. The number of nitriles is 1. The second-order valence-electron chi connectivity index (χ2n) is 7.39. The summed E-state index contributed by atoms with van der Waals surface area (Å²) < 4.78 is 14.0. The van der Waals surface area contributed by atoms with Crippen molar-refractivity contribution >= 4 is 0 Å². The van der Waals surface area contributed by atoms with Gasteiger partial charge in [0.05, 0.1) is 42.8 Å². The monoisotopic (exact) mass is 368 g/mol. The zero-order chi connectivity index (χ0) is 18.8. The minimum Gasteiger partial charge on any atom is -0.371 e. The van der Waals surface area contributed by atoms with E-state index in [2.05, 4.69) is 26.6 Å². The van der Waals surface area contributed by atoms with E-state index in [0.29, 0.717) is 25.3 Å². The molecule has 1 aromatic carbocycles. The first-order chi connectivity index (χ1) is 13.1. The van der Waals surface area contributed by atoms with Crippen LogP contribution in [0.5, 0.6) is 0 Å². The third kappa shape index (κ3) is 3.87. The molecule has 0 spiro atoms. The van der Waals surface area contributed by atoms with Crippen molar-refractivity contribution in [2.45, 2.75) is 37.4 Å². The average molecular weight is 368 g/mol. The molecule has 27 heavy (non-hydrogen) atoms. The first kappa shape index (κ1) is 18.1. The minimum atomic E-state index is -0.0261. The zero-order valence-corrected chi connectivity index (χ0v) is 15.6. The lowest BCUT2D eigenvalue weighted by molar-refractivity contribution is 0.0619. The molecule has 0 aliphatic carbocycles. The van der Waals surface area contributed by atoms with Crippen LogP contribution in [0.25, 0.3) is 0 Å². The van der Waals surface area contributed by atoms with Gasteiger partial charge in [-0.1, -0.05) is 17.3 Å². The maximum Gasteiger partial charge on any atom is 0.110 e. The van der Waals surface area contributed by atoms with E-state index in [4.69, 9.17) is 14.7 Å². The number of hydrogen-bond acceptors (Lipinski definition) is 7. The lowest BCUT2D eigenvalue weighted by Gasteiger charge is -2.18. The molecule has 2 aliphatic heterocycles. The van der Waals surface area contributed by atoms with Gasteiger partial charge in [-0.2, -0.15) is 5.26 Å². The number of rotatable bonds is 6. The van der Waals surface area contributed by atoms with Crippen LogP contribution in [0.4, 0.5) is 0 Å². The highest BCUT2D eigenvalue weighted by Crippen LogP contribution is 2.34. The Balaban J connectivity index is 1.37. The van der Waals surface area contributed by atoms with Crippen LogP contribution in [0.3, 0.4) is 0 Å². The normalized spacial score (nSPS) is 27.0. The minimum absolute atomic E-state index is 0.00403. The standard InChI is InChI=1S/C19H24N6O2/c1-24(2)9-15-10-25(23-22-15)17-12-27-18-16(11-26-19(17)18)21-8-14-5-3-4-13(6-14)7-20/h3-6,10,16-19,21H,8-9,11-12H2,1-2H3/t16-,17-,18+,19+/m0/s1. The molecule has 4 atom stereocenters. The molecule has 2 fully saturated rings. The van der Waals surface area contributed by atoms with Crippen molar-refractivity contribution in [2.24, 2.45) is 0 Å². The Morgan fingerprint density at radius 1 is 1.30 bits per heavy atom. The van der Waals surface area contributed by atoms with Crippen LogP contribution in [-0.4, -0.2) is 65.5 Å².